The van der Waals surface area contributed by atoms with Gasteiger partial charge in [-0.25, -0.2) is 0 Å². The molecule has 0 saturated carbocycles. The second kappa shape index (κ2) is 4.70. The lowest BCUT2D eigenvalue weighted by Crippen LogP contribution is -2.06. The Bertz CT molecular complexity index is 449. The highest BCUT2D eigenvalue weighted by Gasteiger charge is 2.10. The predicted molar refractivity (Wildman–Crippen MR) is 69.6 cm³/mol. The zero-order chi connectivity index (χ0) is 12.3. The SMILES string of the molecule is CC(C)(C)CCc1ccc(-c2cn[nH]n2)cc1. The highest BCUT2D eigenvalue weighted by molar-refractivity contribution is 5.57. The van der Waals surface area contributed by atoms with Crippen molar-refractivity contribution in [2.75, 3.05) is 0 Å². The van der Waals surface area contributed by atoms with Crippen LogP contribution >= 0.6 is 0 Å². The molecule has 0 unspecified atom stereocenters. The van der Waals surface area contributed by atoms with Gasteiger partial charge in [0, 0.05) is 5.56 Å². The van der Waals surface area contributed by atoms with Gasteiger partial charge in [-0.2, -0.15) is 15.4 Å². The minimum Gasteiger partial charge on any atom is -0.197 e. The molecule has 0 bridgehead atoms. The molecule has 0 aliphatic heterocycles. The van der Waals surface area contributed by atoms with Crippen LogP contribution in [-0.2, 0) is 6.42 Å². The quantitative estimate of drug-likeness (QED) is 0.875. The largest absolute Gasteiger partial charge is 0.197 e. The van der Waals surface area contributed by atoms with Crippen LogP contribution in [0.2, 0.25) is 0 Å². The van der Waals surface area contributed by atoms with Gasteiger partial charge in [0.2, 0.25) is 0 Å². The third kappa shape index (κ3) is 3.41. The van der Waals surface area contributed by atoms with Crippen LogP contribution < -0.4 is 0 Å². The maximum atomic E-state index is 4.07. The summed E-state index contributed by atoms with van der Waals surface area (Å²) in [6, 6.07) is 8.57. The average molecular weight is 229 g/mol. The van der Waals surface area contributed by atoms with Crippen molar-refractivity contribution in [1.29, 1.82) is 0 Å². The molecule has 0 amide bonds. The van der Waals surface area contributed by atoms with Gasteiger partial charge < -0.3 is 0 Å². The molecular formula is C14H19N3. The fourth-order valence-electron chi connectivity index (χ4n) is 1.70. The van der Waals surface area contributed by atoms with Crippen molar-refractivity contribution in [1.82, 2.24) is 15.4 Å². The molecule has 1 heterocycles. The Balaban J connectivity index is 2.04. The second-order valence-electron chi connectivity index (χ2n) is 5.61. The number of rotatable bonds is 3. The topological polar surface area (TPSA) is 41.6 Å². The van der Waals surface area contributed by atoms with Crippen LogP contribution in [0.1, 0.15) is 32.8 Å². The molecule has 1 aromatic carbocycles. The van der Waals surface area contributed by atoms with Crippen LogP contribution in [0.15, 0.2) is 30.5 Å². The summed E-state index contributed by atoms with van der Waals surface area (Å²) in [5.41, 5.74) is 3.78. The first-order chi connectivity index (χ1) is 8.04. The summed E-state index contributed by atoms with van der Waals surface area (Å²) in [4.78, 5) is 0. The van der Waals surface area contributed by atoms with Crippen molar-refractivity contribution in [2.24, 2.45) is 5.41 Å². The number of nitrogens with one attached hydrogen (secondary N) is 1. The molecule has 3 nitrogen and oxygen atoms in total. The van der Waals surface area contributed by atoms with E-state index < -0.39 is 0 Å². The normalized spacial score (nSPS) is 11.7. The Morgan fingerprint density at radius 1 is 1.12 bits per heavy atom. The van der Waals surface area contributed by atoms with Crippen LogP contribution in [0.5, 0.6) is 0 Å². The van der Waals surface area contributed by atoms with Crippen LogP contribution in [0, 0.1) is 5.41 Å². The summed E-state index contributed by atoms with van der Waals surface area (Å²) in [6.45, 7) is 6.82. The first-order valence-electron chi connectivity index (χ1n) is 6.00. The molecule has 1 aromatic heterocycles. The molecule has 2 rings (SSSR count). The summed E-state index contributed by atoms with van der Waals surface area (Å²) >= 11 is 0. The summed E-state index contributed by atoms with van der Waals surface area (Å²) in [6.07, 6.45) is 4.07. The van der Waals surface area contributed by atoms with Gasteiger partial charge in [0.25, 0.3) is 0 Å². The first kappa shape index (κ1) is 11.8. The van der Waals surface area contributed by atoms with E-state index >= 15 is 0 Å². The molecule has 0 atom stereocenters. The highest BCUT2D eigenvalue weighted by atomic mass is 15.3. The van der Waals surface area contributed by atoms with Crippen LogP contribution in [0.25, 0.3) is 11.3 Å². The van der Waals surface area contributed by atoms with Crippen molar-refractivity contribution in [3.63, 3.8) is 0 Å². The Labute approximate surface area is 102 Å². The zero-order valence-corrected chi connectivity index (χ0v) is 10.7. The van der Waals surface area contributed by atoms with Gasteiger partial charge in [0.1, 0.15) is 5.69 Å². The number of H-pyrrole nitrogens is 1. The van der Waals surface area contributed by atoms with Gasteiger partial charge in [-0.1, -0.05) is 45.0 Å². The number of hydrogen-bond donors (Lipinski definition) is 1. The summed E-state index contributed by atoms with van der Waals surface area (Å²) in [5, 5.41) is 10.5. The molecule has 3 heteroatoms. The van der Waals surface area contributed by atoms with E-state index in [1.54, 1.807) is 6.20 Å². The van der Waals surface area contributed by atoms with E-state index in [1.165, 1.54) is 12.0 Å². The van der Waals surface area contributed by atoms with E-state index in [-0.39, 0.29) is 0 Å². The molecule has 2 aromatic rings. The number of aryl methyl sites for hydroxylation is 1. The molecular weight excluding hydrogens is 210 g/mol. The van der Waals surface area contributed by atoms with Gasteiger partial charge in [0.15, 0.2) is 0 Å². The summed E-state index contributed by atoms with van der Waals surface area (Å²) < 4.78 is 0. The number of aromatic nitrogens is 3. The third-order valence-electron chi connectivity index (χ3n) is 2.83. The monoisotopic (exact) mass is 229 g/mol. The molecule has 0 radical (unpaired) electrons. The van der Waals surface area contributed by atoms with E-state index in [0.29, 0.717) is 5.41 Å². The predicted octanol–water partition coefficient (Wildman–Crippen LogP) is 3.45. The van der Waals surface area contributed by atoms with Gasteiger partial charge in [0.05, 0.1) is 6.20 Å². The zero-order valence-electron chi connectivity index (χ0n) is 10.7. The fraction of sp³-hybridized carbons (Fsp3) is 0.429. The van der Waals surface area contributed by atoms with Crippen LogP contribution in [-0.4, -0.2) is 15.4 Å². The van der Waals surface area contributed by atoms with E-state index in [0.717, 1.165) is 17.7 Å². The van der Waals surface area contributed by atoms with E-state index in [9.17, 15) is 0 Å². The van der Waals surface area contributed by atoms with Crippen molar-refractivity contribution in [2.45, 2.75) is 33.6 Å². The van der Waals surface area contributed by atoms with Crippen molar-refractivity contribution >= 4 is 0 Å². The Hall–Kier alpha value is -1.64. The Kier molecular flexibility index (Phi) is 3.27. The first-order valence-corrected chi connectivity index (χ1v) is 6.00. The van der Waals surface area contributed by atoms with Gasteiger partial charge in [-0.3, -0.25) is 0 Å². The minimum absolute atomic E-state index is 0.394. The molecule has 0 aliphatic rings. The number of hydrogen-bond acceptors (Lipinski definition) is 2. The van der Waals surface area contributed by atoms with Crippen molar-refractivity contribution in [3.05, 3.63) is 36.0 Å². The van der Waals surface area contributed by atoms with Gasteiger partial charge >= 0.3 is 0 Å². The lowest BCUT2D eigenvalue weighted by Gasteiger charge is -2.17. The lowest BCUT2D eigenvalue weighted by atomic mass is 9.88. The van der Waals surface area contributed by atoms with Gasteiger partial charge in [-0.05, 0) is 23.8 Å². The van der Waals surface area contributed by atoms with Crippen molar-refractivity contribution < 1.29 is 0 Å². The molecule has 90 valence electrons. The summed E-state index contributed by atoms with van der Waals surface area (Å²) in [5.74, 6) is 0. The fourth-order valence-corrected chi connectivity index (χ4v) is 1.70. The standard InChI is InChI=1S/C14H19N3/c1-14(2,3)9-8-11-4-6-12(7-5-11)13-10-15-17-16-13/h4-7,10H,8-9H2,1-3H3,(H,15,16,17). The molecule has 0 aliphatic carbocycles. The van der Waals surface area contributed by atoms with Crippen LogP contribution in [0.3, 0.4) is 0 Å². The molecule has 1 N–H and O–H groups in total. The number of benzene rings is 1. The minimum atomic E-state index is 0.394. The number of nitrogens with zero attached hydrogens (tertiary/aromatic N) is 2. The molecule has 0 fully saturated rings. The van der Waals surface area contributed by atoms with E-state index in [2.05, 4.69) is 60.4 Å². The van der Waals surface area contributed by atoms with E-state index in [1.807, 2.05) is 0 Å². The molecule has 0 spiro atoms. The third-order valence-corrected chi connectivity index (χ3v) is 2.83. The average Bonchev–Trinajstić information content (AvgIpc) is 2.79. The molecule has 0 saturated heterocycles. The van der Waals surface area contributed by atoms with Crippen molar-refractivity contribution in [3.8, 4) is 11.3 Å². The van der Waals surface area contributed by atoms with Gasteiger partial charge in [-0.15, -0.1) is 0 Å². The Morgan fingerprint density at radius 3 is 2.35 bits per heavy atom. The van der Waals surface area contributed by atoms with E-state index in [4.69, 9.17) is 0 Å². The maximum absolute atomic E-state index is 4.07. The number of aromatic amines is 1. The Morgan fingerprint density at radius 2 is 1.82 bits per heavy atom. The second-order valence-corrected chi connectivity index (χ2v) is 5.61. The lowest BCUT2D eigenvalue weighted by molar-refractivity contribution is 0.378. The van der Waals surface area contributed by atoms with Crippen LogP contribution in [0.4, 0.5) is 0 Å². The maximum Gasteiger partial charge on any atom is 0.112 e. The smallest absolute Gasteiger partial charge is 0.112 e. The molecule has 17 heavy (non-hydrogen) atoms. The highest BCUT2D eigenvalue weighted by Crippen LogP contribution is 2.22. The summed E-state index contributed by atoms with van der Waals surface area (Å²) in [7, 11) is 0.